The number of halogens is 4. The van der Waals surface area contributed by atoms with E-state index < -0.39 is 17.6 Å². The van der Waals surface area contributed by atoms with Crippen LogP contribution in [0.4, 0.5) is 17.6 Å². The lowest BCUT2D eigenvalue weighted by molar-refractivity contribution is -0.140. The molecule has 1 heterocycles. The minimum absolute atomic E-state index is 0.434. The summed E-state index contributed by atoms with van der Waals surface area (Å²) in [6, 6.07) is 3.25. The second-order valence-electron chi connectivity index (χ2n) is 5.26. The Kier molecular flexibility index (Phi) is 4.65. The zero-order valence-corrected chi connectivity index (χ0v) is 11.3. The van der Waals surface area contributed by atoms with Gasteiger partial charge < -0.3 is 5.32 Å². The van der Waals surface area contributed by atoms with Gasteiger partial charge in [-0.05, 0) is 50.2 Å². The molecule has 20 heavy (non-hydrogen) atoms. The van der Waals surface area contributed by atoms with E-state index in [2.05, 4.69) is 10.2 Å². The molecule has 1 aromatic carbocycles. The van der Waals surface area contributed by atoms with Crippen molar-refractivity contribution in [2.45, 2.75) is 19.1 Å². The van der Waals surface area contributed by atoms with Crippen LogP contribution in [0.1, 0.15) is 17.5 Å². The Labute approximate surface area is 115 Å². The average molecular weight is 290 g/mol. The van der Waals surface area contributed by atoms with Gasteiger partial charge >= 0.3 is 6.18 Å². The summed E-state index contributed by atoms with van der Waals surface area (Å²) >= 11 is 0. The molecular formula is C14H18F4N2. The van der Waals surface area contributed by atoms with Crippen LogP contribution in [0.25, 0.3) is 0 Å². The van der Waals surface area contributed by atoms with Crippen molar-refractivity contribution >= 4 is 0 Å². The van der Waals surface area contributed by atoms with Crippen LogP contribution in [0.3, 0.4) is 0 Å². The molecule has 0 saturated carbocycles. The third kappa shape index (κ3) is 3.70. The lowest BCUT2D eigenvalue weighted by Gasteiger charge is -2.17. The van der Waals surface area contributed by atoms with E-state index in [0.29, 0.717) is 18.0 Å². The van der Waals surface area contributed by atoms with Crippen LogP contribution in [-0.2, 0) is 12.7 Å². The molecule has 1 N–H and O–H groups in total. The zero-order valence-electron chi connectivity index (χ0n) is 11.3. The molecule has 1 unspecified atom stereocenters. The number of alkyl halides is 3. The number of benzene rings is 1. The van der Waals surface area contributed by atoms with Crippen molar-refractivity contribution in [2.75, 3.05) is 26.7 Å². The zero-order chi connectivity index (χ0) is 14.8. The van der Waals surface area contributed by atoms with Gasteiger partial charge in [-0.1, -0.05) is 6.07 Å². The Bertz CT molecular complexity index is 459. The molecule has 0 bridgehead atoms. The van der Waals surface area contributed by atoms with E-state index in [-0.39, 0.29) is 0 Å². The Balaban J connectivity index is 2.04. The van der Waals surface area contributed by atoms with Gasteiger partial charge in [0.1, 0.15) is 5.82 Å². The Morgan fingerprint density at radius 3 is 2.75 bits per heavy atom. The maximum Gasteiger partial charge on any atom is 0.419 e. The number of likely N-dealkylation sites (tertiary alicyclic amines) is 1. The highest BCUT2D eigenvalue weighted by atomic mass is 19.4. The molecule has 2 rings (SSSR count). The van der Waals surface area contributed by atoms with Crippen LogP contribution in [0.2, 0.25) is 0 Å². The van der Waals surface area contributed by atoms with Crippen molar-refractivity contribution in [2.24, 2.45) is 5.92 Å². The van der Waals surface area contributed by atoms with E-state index in [1.165, 1.54) is 6.07 Å². The van der Waals surface area contributed by atoms with Crippen molar-refractivity contribution in [3.63, 3.8) is 0 Å². The predicted octanol–water partition coefficient (Wildman–Crippen LogP) is 2.89. The second-order valence-corrected chi connectivity index (χ2v) is 5.26. The standard InChI is InChI=1S/C14H18F4N2/c1-19-7-11-4-5-20(9-11)8-10-2-3-13(15)12(6-10)14(16,17)18/h2-3,6,11,19H,4-5,7-9H2,1H3. The summed E-state index contributed by atoms with van der Waals surface area (Å²) in [5.41, 5.74) is -0.676. The van der Waals surface area contributed by atoms with Gasteiger partial charge in [0, 0.05) is 13.1 Å². The third-order valence-electron chi connectivity index (χ3n) is 3.61. The van der Waals surface area contributed by atoms with Crippen molar-refractivity contribution < 1.29 is 17.6 Å². The summed E-state index contributed by atoms with van der Waals surface area (Å²) in [4.78, 5) is 2.11. The molecule has 1 aromatic rings. The number of rotatable bonds is 4. The number of hydrogen-bond acceptors (Lipinski definition) is 2. The van der Waals surface area contributed by atoms with E-state index >= 15 is 0 Å². The van der Waals surface area contributed by atoms with Crippen molar-refractivity contribution in [3.05, 3.63) is 35.1 Å². The molecule has 0 spiro atoms. The minimum Gasteiger partial charge on any atom is -0.319 e. The first-order valence-electron chi connectivity index (χ1n) is 6.62. The molecule has 0 amide bonds. The lowest BCUT2D eigenvalue weighted by atomic mass is 10.1. The summed E-state index contributed by atoms with van der Waals surface area (Å²) in [6.45, 7) is 3.07. The van der Waals surface area contributed by atoms with Crippen LogP contribution < -0.4 is 5.32 Å². The third-order valence-corrected chi connectivity index (χ3v) is 3.61. The summed E-state index contributed by atoms with van der Waals surface area (Å²) in [6.07, 6.45) is -3.60. The van der Waals surface area contributed by atoms with E-state index in [9.17, 15) is 17.6 Å². The first kappa shape index (κ1) is 15.3. The van der Waals surface area contributed by atoms with Gasteiger partial charge in [0.15, 0.2) is 0 Å². The molecule has 6 heteroatoms. The molecule has 0 radical (unpaired) electrons. The van der Waals surface area contributed by atoms with Crippen LogP contribution in [0, 0.1) is 11.7 Å². The molecule has 1 atom stereocenters. The van der Waals surface area contributed by atoms with Gasteiger partial charge in [-0.2, -0.15) is 13.2 Å². The van der Waals surface area contributed by atoms with Crippen molar-refractivity contribution in [3.8, 4) is 0 Å². The molecule has 1 aliphatic rings. The second kappa shape index (κ2) is 6.10. The van der Waals surface area contributed by atoms with Gasteiger partial charge in [-0.15, -0.1) is 0 Å². The number of nitrogens with zero attached hydrogens (tertiary/aromatic N) is 1. The fraction of sp³-hybridized carbons (Fsp3) is 0.571. The molecule has 2 nitrogen and oxygen atoms in total. The van der Waals surface area contributed by atoms with Crippen LogP contribution in [0.5, 0.6) is 0 Å². The summed E-state index contributed by atoms with van der Waals surface area (Å²) in [5, 5.41) is 3.11. The van der Waals surface area contributed by atoms with Crippen molar-refractivity contribution in [1.82, 2.24) is 10.2 Å². The highest BCUT2D eigenvalue weighted by Crippen LogP contribution is 2.32. The predicted molar refractivity (Wildman–Crippen MR) is 68.7 cm³/mol. The maximum absolute atomic E-state index is 13.2. The monoisotopic (exact) mass is 290 g/mol. The maximum atomic E-state index is 13.2. The highest BCUT2D eigenvalue weighted by molar-refractivity contribution is 5.27. The molecule has 0 aromatic heterocycles. The molecule has 112 valence electrons. The SMILES string of the molecule is CNCC1CCN(Cc2ccc(F)c(C(F)(F)F)c2)C1. The summed E-state index contributed by atoms with van der Waals surface area (Å²) in [7, 11) is 1.89. The average Bonchev–Trinajstić information content (AvgIpc) is 2.78. The van der Waals surface area contributed by atoms with Gasteiger partial charge in [-0.3, -0.25) is 4.90 Å². The fourth-order valence-electron chi connectivity index (χ4n) is 2.66. The Morgan fingerprint density at radius 2 is 2.10 bits per heavy atom. The van der Waals surface area contributed by atoms with Gasteiger partial charge in [0.2, 0.25) is 0 Å². The minimum atomic E-state index is -4.64. The van der Waals surface area contributed by atoms with Gasteiger partial charge in [-0.25, -0.2) is 4.39 Å². The van der Waals surface area contributed by atoms with E-state index in [1.54, 1.807) is 0 Å². The van der Waals surface area contributed by atoms with Gasteiger partial charge in [0.25, 0.3) is 0 Å². The fourth-order valence-corrected chi connectivity index (χ4v) is 2.66. The summed E-state index contributed by atoms with van der Waals surface area (Å²) in [5.74, 6) is -0.682. The first-order valence-corrected chi connectivity index (χ1v) is 6.62. The molecule has 0 aliphatic carbocycles. The van der Waals surface area contributed by atoms with E-state index in [0.717, 1.165) is 38.2 Å². The normalized spacial score (nSPS) is 20.6. The van der Waals surface area contributed by atoms with Crippen LogP contribution in [0.15, 0.2) is 18.2 Å². The Morgan fingerprint density at radius 1 is 1.35 bits per heavy atom. The molecule has 1 fully saturated rings. The molecule has 1 saturated heterocycles. The van der Waals surface area contributed by atoms with E-state index in [4.69, 9.17) is 0 Å². The Hall–Kier alpha value is -1.14. The van der Waals surface area contributed by atoms with E-state index in [1.807, 2.05) is 7.05 Å². The number of hydrogen-bond donors (Lipinski definition) is 1. The highest BCUT2D eigenvalue weighted by Gasteiger charge is 2.34. The number of nitrogens with one attached hydrogen (secondary N) is 1. The van der Waals surface area contributed by atoms with Crippen LogP contribution in [-0.4, -0.2) is 31.6 Å². The topological polar surface area (TPSA) is 15.3 Å². The van der Waals surface area contributed by atoms with Gasteiger partial charge in [0.05, 0.1) is 5.56 Å². The smallest absolute Gasteiger partial charge is 0.319 e. The molecular weight excluding hydrogens is 272 g/mol. The first-order chi connectivity index (χ1) is 9.40. The van der Waals surface area contributed by atoms with Crippen LogP contribution >= 0.6 is 0 Å². The largest absolute Gasteiger partial charge is 0.419 e. The lowest BCUT2D eigenvalue weighted by Crippen LogP contribution is -2.24. The quantitative estimate of drug-likeness (QED) is 0.858. The summed E-state index contributed by atoms with van der Waals surface area (Å²) < 4.78 is 51.1. The molecule has 1 aliphatic heterocycles. The van der Waals surface area contributed by atoms with Crippen molar-refractivity contribution in [1.29, 1.82) is 0 Å².